The van der Waals surface area contributed by atoms with E-state index in [0.29, 0.717) is 0 Å². The number of aliphatic hydroxyl groups is 1. The van der Waals surface area contributed by atoms with Crippen molar-refractivity contribution < 1.29 is 5.11 Å². The van der Waals surface area contributed by atoms with E-state index in [-0.39, 0.29) is 11.5 Å². The molecule has 0 amide bonds. The summed E-state index contributed by atoms with van der Waals surface area (Å²) in [6.45, 7) is 2.04. The minimum Gasteiger partial charge on any atom is -0.387 e. The van der Waals surface area contributed by atoms with Crippen LogP contribution in [0.1, 0.15) is 55.1 Å². The zero-order valence-electron chi connectivity index (χ0n) is 11.4. The number of halogens is 1. The van der Waals surface area contributed by atoms with Crippen molar-refractivity contribution in [2.24, 2.45) is 23.2 Å². The summed E-state index contributed by atoms with van der Waals surface area (Å²) in [5, 5.41) is 11.0. The summed E-state index contributed by atoms with van der Waals surface area (Å²) in [5.41, 5.74) is 1.29. The van der Waals surface area contributed by atoms with Gasteiger partial charge in [0.25, 0.3) is 0 Å². The van der Waals surface area contributed by atoms with Gasteiger partial charge in [-0.25, -0.2) is 0 Å². The number of thiophene rings is 1. The Labute approximate surface area is 124 Å². The molecule has 1 unspecified atom stereocenters. The molecule has 0 spiro atoms. The number of aryl methyl sites for hydroxylation is 1. The predicted octanol–water partition coefficient (Wildman–Crippen LogP) is 4.96. The van der Waals surface area contributed by atoms with E-state index in [0.717, 1.165) is 32.5 Å². The van der Waals surface area contributed by atoms with Crippen LogP contribution in [-0.4, -0.2) is 5.11 Å². The van der Waals surface area contributed by atoms with Crippen LogP contribution in [0.4, 0.5) is 0 Å². The molecule has 1 N–H and O–H groups in total. The van der Waals surface area contributed by atoms with Crippen LogP contribution in [-0.2, 0) is 0 Å². The molecular weight excluding hydrogens is 276 g/mol. The summed E-state index contributed by atoms with van der Waals surface area (Å²) in [6, 6.07) is 2.11. The number of hydrogen-bond donors (Lipinski definition) is 1. The molecule has 104 valence electrons. The molecular formula is C16H21ClOS. The van der Waals surface area contributed by atoms with E-state index in [1.807, 2.05) is 6.92 Å². The van der Waals surface area contributed by atoms with E-state index in [2.05, 4.69) is 6.07 Å². The molecule has 4 saturated carbocycles. The fraction of sp³-hybridized carbons (Fsp3) is 0.750. The summed E-state index contributed by atoms with van der Waals surface area (Å²) in [4.78, 5) is 1.10. The van der Waals surface area contributed by atoms with Gasteiger partial charge in [0.05, 0.1) is 10.4 Å². The SMILES string of the molecule is Cc1cc(C(O)C23CC4CC(CC(C4)C2)C3)sc1Cl. The molecule has 0 aromatic carbocycles. The number of hydrogen-bond acceptors (Lipinski definition) is 2. The monoisotopic (exact) mass is 296 g/mol. The fourth-order valence-corrected chi connectivity index (χ4v) is 6.78. The first-order valence-electron chi connectivity index (χ1n) is 7.50. The van der Waals surface area contributed by atoms with Crippen LogP contribution < -0.4 is 0 Å². The molecule has 1 nitrogen and oxygen atoms in total. The van der Waals surface area contributed by atoms with Crippen molar-refractivity contribution in [3.8, 4) is 0 Å². The normalized spacial score (nSPS) is 41.7. The lowest BCUT2D eigenvalue weighted by atomic mass is 9.48. The lowest BCUT2D eigenvalue weighted by Gasteiger charge is -2.58. The summed E-state index contributed by atoms with van der Waals surface area (Å²) in [6.07, 6.45) is 7.73. The van der Waals surface area contributed by atoms with Gasteiger partial charge in [0, 0.05) is 10.3 Å². The Morgan fingerprint density at radius 2 is 1.74 bits per heavy atom. The van der Waals surface area contributed by atoms with Crippen molar-refractivity contribution in [3.63, 3.8) is 0 Å². The second kappa shape index (κ2) is 4.22. The highest BCUT2D eigenvalue weighted by molar-refractivity contribution is 7.16. The lowest BCUT2D eigenvalue weighted by molar-refractivity contribution is -0.121. The van der Waals surface area contributed by atoms with Gasteiger partial charge in [-0.2, -0.15) is 0 Å². The third-order valence-electron chi connectivity index (χ3n) is 5.81. The van der Waals surface area contributed by atoms with Gasteiger partial charge in [0.15, 0.2) is 0 Å². The maximum Gasteiger partial charge on any atom is 0.0961 e. The second-order valence-corrected chi connectivity index (χ2v) is 8.97. The van der Waals surface area contributed by atoms with Gasteiger partial charge in [-0.15, -0.1) is 11.3 Å². The van der Waals surface area contributed by atoms with Crippen molar-refractivity contribution >= 4 is 22.9 Å². The number of rotatable bonds is 2. The molecule has 4 bridgehead atoms. The molecule has 0 radical (unpaired) electrons. The fourth-order valence-electron chi connectivity index (χ4n) is 5.43. The van der Waals surface area contributed by atoms with E-state index in [1.165, 1.54) is 38.5 Å². The highest BCUT2D eigenvalue weighted by Gasteiger charge is 2.54. The van der Waals surface area contributed by atoms with Crippen molar-refractivity contribution in [1.29, 1.82) is 0 Å². The van der Waals surface area contributed by atoms with E-state index in [4.69, 9.17) is 11.6 Å². The van der Waals surface area contributed by atoms with Crippen molar-refractivity contribution in [2.75, 3.05) is 0 Å². The van der Waals surface area contributed by atoms with Crippen LogP contribution in [0, 0.1) is 30.1 Å². The summed E-state index contributed by atoms with van der Waals surface area (Å²) >= 11 is 7.78. The van der Waals surface area contributed by atoms with Gasteiger partial charge >= 0.3 is 0 Å². The first-order valence-corrected chi connectivity index (χ1v) is 8.69. The van der Waals surface area contributed by atoms with Crippen LogP contribution >= 0.6 is 22.9 Å². The Bertz CT molecular complexity index is 452. The first-order chi connectivity index (χ1) is 9.06. The maximum absolute atomic E-state index is 11.0. The average molecular weight is 297 g/mol. The quantitative estimate of drug-likeness (QED) is 0.818. The Balaban J connectivity index is 1.67. The molecule has 1 atom stereocenters. The van der Waals surface area contributed by atoms with E-state index in [9.17, 15) is 5.11 Å². The Hall–Kier alpha value is -0.0500. The van der Waals surface area contributed by atoms with Crippen molar-refractivity contribution in [2.45, 2.75) is 51.6 Å². The summed E-state index contributed by atoms with van der Waals surface area (Å²) < 4.78 is 0.846. The third-order valence-corrected chi connectivity index (χ3v) is 7.42. The van der Waals surface area contributed by atoms with Gasteiger partial charge in [0.1, 0.15) is 0 Å². The first kappa shape index (κ1) is 12.7. The average Bonchev–Trinajstić information content (AvgIpc) is 2.67. The van der Waals surface area contributed by atoms with Gasteiger partial charge in [-0.1, -0.05) is 11.6 Å². The topological polar surface area (TPSA) is 20.2 Å². The van der Waals surface area contributed by atoms with Crippen LogP contribution in [0.3, 0.4) is 0 Å². The van der Waals surface area contributed by atoms with E-state index in [1.54, 1.807) is 11.3 Å². The van der Waals surface area contributed by atoms with Crippen LogP contribution in [0.2, 0.25) is 4.34 Å². The third kappa shape index (κ3) is 1.91. The molecule has 5 rings (SSSR count). The van der Waals surface area contributed by atoms with Crippen LogP contribution in [0.15, 0.2) is 6.07 Å². The number of aliphatic hydroxyl groups excluding tert-OH is 1. The lowest BCUT2D eigenvalue weighted by Crippen LogP contribution is -2.48. The molecule has 4 fully saturated rings. The van der Waals surface area contributed by atoms with Gasteiger partial charge in [0.2, 0.25) is 0 Å². The van der Waals surface area contributed by atoms with Crippen molar-refractivity contribution in [1.82, 2.24) is 0 Å². The highest BCUT2D eigenvalue weighted by atomic mass is 35.5. The standard InChI is InChI=1S/C16H21ClOS/c1-9-2-13(19-15(9)17)14(18)16-6-10-3-11(7-16)5-12(4-10)8-16/h2,10-12,14,18H,3-8H2,1H3. The van der Waals surface area contributed by atoms with Gasteiger partial charge in [-0.05, 0) is 74.8 Å². The largest absolute Gasteiger partial charge is 0.387 e. The molecule has 1 heterocycles. The zero-order chi connectivity index (χ0) is 13.2. The minimum absolute atomic E-state index is 0.176. The molecule has 0 aliphatic heterocycles. The molecule has 3 heteroatoms. The predicted molar refractivity (Wildman–Crippen MR) is 79.6 cm³/mol. The molecule has 1 aromatic heterocycles. The molecule has 0 saturated heterocycles. The summed E-state index contributed by atoms with van der Waals surface area (Å²) in [7, 11) is 0. The van der Waals surface area contributed by atoms with Crippen molar-refractivity contribution in [3.05, 3.63) is 20.8 Å². The Kier molecular flexibility index (Phi) is 2.82. The smallest absolute Gasteiger partial charge is 0.0961 e. The summed E-state index contributed by atoms with van der Waals surface area (Å²) in [5.74, 6) is 2.66. The molecule has 1 aromatic rings. The van der Waals surface area contributed by atoms with Crippen LogP contribution in [0.5, 0.6) is 0 Å². The maximum atomic E-state index is 11.0. The van der Waals surface area contributed by atoms with Crippen LogP contribution in [0.25, 0.3) is 0 Å². The van der Waals surface area contributed by atoms with Gasteiger partial charge < -0.3 is 5.11 Å². The highest BCUT2D eigenvalue weighted by Crippen LogP contribution is 2.64. The van der Waals surface area contributed by atoms with E-state index >= 15 is 0 Å². The minimum atomic E-state index is -0.280. The molecule has 19 heavy (non-hydrogen) atoms. The Morgan fingerprint density at radius 1 is 1.21 bits per heavy atom. The van der Waals surface area contributed by atoms with E-state index < -0.39 is 0 Å². The van der Waals surface area contributed by atoms with Gasteiger partial charge in [-0.3, -0.25) is 0 Å². The Morgan fingerprint density at radius 3 is 2.16 bits per heavy atom. The molecule has 4 aliphatic carbocycles. The molecule has 4 aliphatic rings. The zero-order valence-corrected chi connectivity index (χ0v) is 12.9. The second-order valence-electron chi connectivity index (χ2n) is 7.29.